The summed E-state index contributed by atoms with van der Waals surface area (Å²) in [5, 5.41) is 0. The van der Waals surface area contributed by atoms with Gasteiger partial charge in [-0.05, 0) is 32.4 Å². The first-order chi connectivity index (χ1) is 6.94. The van der Waals surface area contributed by atoms with Crippen molar-refractivity contribution in [1.29, 1.82) is 0 Å². The normalized spacial score (nSPS) is 14.1. The van der Waals surface area contributed by atoms with Gasteiger partial charge in [0.25, 0.3) is 0 Å². The molecule has 15 heavy (non-hydrogen) atoms. The molecule has 5 heteroatoms. The molecule has 0 aliphatic heterocycles. The molecule has 0 amide bonds. The van der Waals surface area contributed by atoms with Crippen molar-refractivity contribution in [2.45, 2.75) is 33.2 Å². The Labute approximate surface area is 95.6 Å². The minimum atomic E-state index is -3.11. The number of hydrogen-bond acceptors (Lipinski definition) is 3. The summed E-state index contributed by atoms with van der Waals surface area (Å²) < 4.78 is 25.7. The third kappa shape index (κ3) is 3.93. The molecule has 0 spiro atoms. The van der Waals surface area contributed by atoms with Crippen LogP contribution in [0.25, 0.3) is 0 Å². The van der Waals surface area contributed by atoms with Crippen LogP contribution in [0.3, 0.4) is 0 Å². The van der Waals surface area contributed by atoms with E-state index in [1.807, 2.05) is 32.9 Å². The van der Waals surface area contributed by atoms with Crippen molar-refractivity contribution in [3.63, 3.8) is 0 Å². The molecule has 0 saturated carbocycles. The standard InChI is InChI=1S/C10H17NO2S2/c1-4-7-15(12,13)11-9(3)10-6-5-8(2)14-10/h5-6,9,11H,4,7H2,1-3H3/t9-/m1/s1. The average molecular weight is 247 g/mol. The summed E-state index contributed by atoms with van der Waals surface area (Å²) in [4.78, 5) is 2.26. The van der Waals surface area contributed by atoms with Crippen LogP contribution in [0.5, 0.6) is 0 Å². The van der Waals surface area contributed by atoms with Crippen molar-refractivity contribution in [2.75, 3.05) is 5.75 Å². The molecule has 1 atom stereocenters. The molecule has 0 aliphatic rings. The maximum atomic E-state index is 11.5. The zero-order valence-electron chi connectivity index (χ0n) is 9.28. The van der Waals surface area contributed by atoms with E-state index in [0.717, 1.165) is 4.88 Å². The van der Waals surface area contributed by atoms with Gasteiger partial charge in [-0.2, -0.15) is 0 Å². The molecule has 0 fully saturated rings. The summed E-state index contributed by atoms with van der Waals surface area (Å²) >= 11 is 1.63. The maximum Gasteiger partial charge on any atom is 0.212 e. The van der Waals surface area contributed by atoms with Crippen molar-refractivity contribution in [3.8, 4) is 0 Å². The van der Waals surface area contributed by atoms with Gasteiger partial charge in [-0.15, -0.1) is 11.3 Å². The van der Waals surface area contributed by atoms with Crippen LogP contribution in [0.4, 0.5) is 0 Å². The molecule has 1 rings (SSSR count). The Morgan fingerprint density at radius 1 is 1.47 bits per heavy atom. The monoisotopic (exact) mass is 247 g/mol. The molecule has 3 nitrogen and oxygen atoms in total. The zero-order valence-corrected chi connectivity index (χ0v) is 10.9. The number of hydrogen-bond donors (Lipinski definition) is 1. The van der Waals surface area contributed by atoms with Crippen LogP contribution in [0, 0.1) is 6.92 Å². The largest absolute Gasteiger partial charge is 0.212 e. The Morgan fingerprint density at radius 2 is 2.13 bits per heavy atom. The number of sulfonamides is 1. The van der Waals surface area contributed by atoms with Crippen LogP contribution < -0.4 is 4.72 Å². The summed E-state index contributed by atoms with van der Waals surface area (Å²) in [6.45, 7) is 5.75. The van der Waals surface area contributed by atoms with Crippen LogP contribution in [0.15, 0.2) is 12.1 Å². The van der Waals surface area contributed by atoms with Crippen molar-refractivity contribution in [1.82, 2.24) is 4.72 Å². The minimum absolute atomic E-state index is 0.125. The molecule has 1 heterocycles. The summed E-state index contributed by atoms with van der Waals surface area (Å²) in [6.07, 6.45) is 0.644. The van der Waals surface area contributed by atoms with Gasteiger partial charge in [-0.1, -0.05) is 6.92 Å². The van der Waals surface area contributed by atoms with Crippen LogP contribution in [0.1, 0.15) is 36.1 Å². The van der Waals surface area contributed by atoms with E-state index >= 15 is 0 Å². The molecule has 0 aliphatic carbocycles. The van der Waals surface area contributed by atoms with Gasteiger partial charge in [0.1, 0.15) is 0 Å². The summed E-state index contributed by atoms with van der Waals surface area (Å²) in [5.74, 6) is 0.196. The second kappa shape index (κ2) is 5.09. The molecule has 1 aromatic rings. The molecule has 86 valence electrons. The summed E-state index contributed by atoms with van der Waals surface area (Å²) in [6, 6.07) is 3.85. The molecule has 0 radical (unpaired) electrons. The fourth-order valence-corrected chi connectivity index (χ4v) is 3.62. The van der Waals surface area contributed by atoms with Crippen LogP contribution in [-0.2, 0) is 10.0 Å². The molecule has 0 unspecified atom stereocenters. The molecule has 1 N–H and O–H groups in total. The van der Waals surface area contributed by atoms with E-state index in [9.17, 15) is 8.42 Å². The number of thiophene rings is 1. The Morgan fingerprint density at radius 3 is 2.60 bits per heavy atom. The first kappa shape index (κ1) is 12.7. The van der Waals surface area contributed by atoms with E-state index < -0.39 is 10.0 Å². The third-order valence-corrected chi connectivity index (χ3v) is 4.86. The lowest BCUT2D eigenvalue weighted by molar-refractivity contribution is 0.567. The molecule has 0 saturated heterocycles. The SMILES string of the molecule is CCCS(=O)(=O)N[C@H](C)c1ccc(C)s1. The van der Waals surface area contributed by atoms with E-state index in [2.05, 4.69) is 4.72 Å². The topological polar surface area (TPSA) is 46.2 Å². The lowest BCUT2D eigenvalue weighted by atomic mass is 10.3. The van der Waals surface area contributed by atoms with Crippen molar-refractivity contribution in [3.05, 3.63) is 21.9 Å². The predicted molar refractivity (Wildman–Crippen MR) is 64.7 cm³/mol. The minimum Gasteiger partial charge on any atom is -0.212 e. The van der Waals surface area contributed by atoms with Crippen LogP contribution in [-0.4, -0.2) is 14.2 Å². The molecular weight excluding hydrogens is 230 g/mol. The van der Waals surface area contributed by atoms with Gasteiger partial charge in [0, 0.05) is 9.75 Å². The highest BCUT2D eigenvalue weighted by molar-refractivity contribution is 7.89. The van der Waals surface area contributed by atoms with Gasteiger partial charge >= 0.3 is 0 Å². The Balaban J connectivity index is 2.67. The van der Waals surface area contributed by atoms with E-state index in [0.29, 0.717) is 6.42 Å². The smallest absolute Gasteiger partial charge is 0.212 e. The van der Waals surface area contributed by atoms with E-state index in [1.54, 1.807) is 11.3 Å². The fourth-order valence-electron chi connectivity index (χ4n) is 1.34. The summed E-state index contributed by atoms with van der Waals surface area (Å²) in [7, 11) is -3.11. The average Bonchev–Trinajstić information content (AvgIpc) is 2.50. The molecular formula is C10H17NO2S2. The van der Waals surface area contributed by atoms with Crippen LogP contribution >= 0.6 is 11.3 Å². The first-order valence-corrected chi connectivity index (χ1v) is 7.48. The Bertz CT molecular complexity index is 409. The first-order valence-electron chi connectivity index (χ1n) is 5.01. The third-order valence-electron chi connectivity index (χ3n) is 2.02. The van der Waals surface area contributed by atoms with E-state index in [-0.39, 0.29) is 11.8 Å². The molecule has 0 aromatic carbocycles. The molecule has 0 bridgehead atoms. The Hall–Kier alpha value is -0.390. The van der Waals surface area contributed by atoms with Gasteiger partial charge in [0.15, 0.2) is 0 Å². The second-order valence-corrected chi connectivity index (χ2v) is 6.80. The second-order valence-electron chi connectivity index (χ2n) is 3.61. The van der Waals surface area contributed by atoms with E-state index in [1.165, 1.54) is 4.88 Å². The quantitative estimate of drug-likeness (QED) is 0.868. The summed E-state index contributed by atoms with van der Waals surface area (Å²) in [5.41, 5.74) is 0. The number of nitrogens with one attached hydrogen (secondary N) is 1. The zero-order chi connectivity index (χ0) is 11.5. The van der Waals surface area contributed by atoms with Gasteiger partial charge in [-0.3, -0.25) is 0 Å². The lowest BCUT2D eigenvalue weighted by Crippen LogP contribution is -2.28. The highest BCUT2D eigenvalue weighted by Gasteiger charge is 2.15. The fraction of sp³-hybridized carbons (Fsp3) is 0.600. The van der Waals surface area contributed by atoms with Gasteiger partial charge in [0.2, 0.25) is 10.0 Å². The van der Waals surface area contributed by atoms with Gasteiger partial charge in [-0.25, -0.2) is 13.1 Å². The van der Waals surface area contributed by atoms with E-state index in [4.69, 9.17) is 0 Å². The highest BCUT2D eigenvalue weighted by atomic mass is 32.2. The lowest BCUT2D eigenvalue weighted by Gasteiger charge is -2.11. The van der Waals surface area contributed by atoms with Crippen LogP contribution in [0.2, 0.25) is 0 Å². The van der Waals surface area contributed by atoms with Crippen molar-refractivity contribution >= 4 is 21.4 Å². The highest BCUT2D eigenvalue weighted by Crippen LogP contribution is 2.22. The van der Waals surface area contributed by atoms with Gasteiger partial charge < -0.3 is 0 Å². The number of aryl methyl sites for hydroxylation is 1. The number of rotatable bonds is 5. The molecule has 1 aromatic heterocycles. The Kier molecular flexibility index (Phi) is 4.31. The predicted octanol–water partition coefficient (Wildman–Crippen LogP) is 2.45. The van der Waals surface area contributed by atoms with Crippen molar-refractivity contribution < 1.29 is 8.42 Å². The van der Waals surface area contributed by atoms with Crippen molar-refractivity contribution in [2.24, 2.45) is 0 Å². The van der Waals surface area contributed by atoms with Gasteiger partial charge in [0.05, 0.1) is 11.8 Å². The maximum absolute atomic E-state index is 11.5.